The van der Waals surface area contributed by atoms with E-state index in [-0.39, 0.29) is 0 Å². The van der Waals surface area contributed by atoms with Crippen LogP contribution in [0.25, 0.3) is 0 Å². The van der Waals surface area contributed by atoms with E-state index in [1.54, 1.807) is 0 Å². The minimum atomic E-state index is -1.78. The Morgan fingerprint density at radius 1 is 1.20 bits per heavy atom. The SMILES string of the molecule is CC(C)C(C)CP(C)(C)=O. The summed E-state index contributed by atoms with van der Waals surface area (Å²) in [5.74, 6) is 1.26. The van der Waals surface area contributed by atoms with Gasteiger partial charge in [0.25, 0.3) is 0 Å². The van der Waals surface area contributed by atoms with Gasteiger partial charge in [-0.3, -0.25) is 0 Å². The van der Waals surface area contributed by atoms with Gasteiger partial charge >= 0.3 is 0 Å². The van der Waals surface area contributed by atoms with Crippen LogP contribution in [0.3, 0.4) is 0 Å². The molecule has 1 nitrogen and oxygen atoms in total. The lowest BCUT2D eigenvalue weighted by molar-refractivity contribution is 0.454. The first kappa shape index (κ1) is 10.2. The summed E-state index contributed by atoms with van der Waals surface area (Å²) in [5, 5.41) is 0. The molecule has 0 heterocycles. The van der Waals surface area contributed by atoms with Crippen molar-refractivity contribution < 1.29 is 4.57 Å². The minimum Gasteiger partial charge on any atom is -0.324 e. The average molecular weight is 162 g/mol. The standard InChI is InChI=1S/C8H19OP/c1-7(2)8(3)6-10(4,5)9/h7-8H,6H2,1-5H3. The van der Waals surface area contributed by atoms with Crippen molar-refractivity contribution in [3.63, 3.8) is 0 Å². The molecule has 0 spiro atoms. The molecule has 0 aliphatic carbocycles. The summed E-state index contributed by atoms with van der Waals surface area (Å²) in [7, 11) is -1.78. The van der Waals surface area contributed by atoms with E-state index in [1.165, 1.54) is 0 Å². The third-order valence-electron chi connectivity index (χ3n) is 1.87. The highest BCUT2D eigenvalue weighted by Gasteiger charge is 2.15. The zero-order valence-corrected chi connectivity index (χ0v) is 8.61. The maximum atomic E-state index is 11.3. The lowest BCUT2D eigenvalue weighted by Crippen LogP contribution is -2.08. The Morgan fingerprint density at radius 3 is 1.70 bits per heavy atom. The number of hydrogen-bond acceptors (Lipinski definition) is 1. The summed E-state index contributed by atoms with van der Waals surface area (Å²) < 4.78 is 11.3. The van der Waals surface area contributed by atoms with Gasteiger partial charge in [-0.25, -0.2) is 0 Å². The molecule has 0 rings (SSSR count). The van der Waals surface area contributed by atoms with Crippen LogP contribution in [-0.4, -0.2) is 19.5 Å². The first-order valence-corrected chi connectivity index (χ1v) is 6.65. The molecule has 0 aromatic heterocycles. The highest BCUT2D eigenvalue weighted by atomic mass is 31.2. The van der Waals surface area contributed by atoms with Gasteiger partial charge in [-0.05, 0) is 25.2 Å². The molecule has 62 valence electrons. The first-order valence-electron chi connectivity index (χ1n) is 3.87. The summed E-state index contributed by atoms with van der Waals surface area (Å²) in [6.07, 6.45) is 0.894. The Labute approximate surface area is 64.6 Å². The van der Waals surface area contributed by atoms with Crippen LogP contribution >= 0.6 is 7.14 Å². The van der Waals surface area contributed by atoms with Gasteiger partial charge in [-0.15, -0.1) is 0 Å². The molecule has 0 amide bonds. The summed E-state index contributed by atoms with van der Waals surface area (Å²) >= 11 is 0. The van der Waals surface area contributed by atoms with Crippen LogP contribution in [0.15, 0.2) is 0 Å². The molecule has 0 aliphatic heterocycles. The third kappa shape index (κ3) is 5.05. The fourth-order valence-corrected chi connectivity index (χ4v) is 2.71. The van der Waals surface area contributed by atoms with Crippen molar-refractivity contribution in [1.82, 2.24) is 0 Å². The molecule has 0 bridgehead atoms. The van der Waals surface area contributed by atoms with Gasteiger partial charge in [0.1, 0.15) is 0 Å². The molecule has 0 aromatic rings. The Balaban J connectivity index is 3.80. The smallest absolute Gasteiger partial charge is 0.0822 e. The van der Waals surface area contributed by atoms with Crippen LogP contribution in [0.5, 0.6) is 0 Å². The summed E-state index contributed by atoms with van der Waals surface area (Å²) in [6.45, 7) is 10.3. The molecule has 0 aliphatic rings. The third-order valence-corrected chi connectivity index (χ3v) is 3.32. The van der Waals surface area contributed by atoms with Crippen LogP contribution in [-0.2, 0) is 4.57 Å². The zero-order valence-electron chi connectivity index (χ0n) is 7.72. The van der Waals surface area contributed by atoms with E-state index in [0.29, 0.717) is 11.8 Å². The van der Waals surface area contributed by atoms with E-state index in [1.807, 2.05) is 13.3 Å². The van der Waals surface area contributed by atoms with E-state index in [2.05, 4.69) is 20.8 Å². The summed E-state index contributed by atoms with van der Waals surface area (Å²) in [4.78, 5) is 0. The van der Waals surface area contributed by atoms with Crippen LogP contribution in [0.4, 0.5) is 0 Å². The van der Waals surface area contributed by atoms with Crippen LogP contribution in [0.1, 0.15) is 20.8 Å². The number of rotatable bonds is 3. The van der Waals surface area contributed by atoms with E-state index in [0.717, 1.165) is 6.16 Å². The van der Waals surface area contributed by atoms with Crippen LogP contribution in [0.2, 0.25) is 0 Å². The van der Waals surface area contributed by atoms with Crippen LogP contribution in [0, 0.1) is 11.8 Å². The van der Waals surface area contributed by atoms with Crippen LogP contribution < -0.4 is 0 Å². The van der Waals surface area contributed by atoms with Gasteiger partial charge < -0.3 is 4.57 Å². The highest BCUT2D eigenvalue weighted by Crippen LogP contribution is 2.39. The highest BCUT2D eigenvalue weighted by molar-refractivity contribution is 7.62. The first-order chi connectivity index (χ1) is 4.33. The Kier molecular flexibility index (Phi) is 3.65. The summed E-state index contributed by atoms with van der Waals surface area (Å²) in [5.41, 5.74) is 0. The van der Waals surface area contributed by atoms with E-state index >= 15 is 0 Å². The van der Waals surface area contributed by atoms with Crippen molar-refractivity contribution in [2.75, 3.05) is 19.5 Å². The topological polar surface area (TPSA) is 17.1 Å². The molecule has 0 saturated heterocycles. The van der Waals surface area contributed by atoms with E-state index in [4.69, 9.17) is 0 Å². The molecule has 0 aromatic carbocycles. The molecule has 0 radical (unpaired) electrons. The van der Waals surface area contributed by atoms with Crippen molar-refractivity contribution >= 4 is 7.14 Å². The quantitative estimate of drug-likeness (QED) is 0.583. The van der Waals surface area contributed by atoms with E-state index in [9.17, 15) is 4.57 Å². The van der Waals surface area contributed by atoms with Crippen molar-refractivity contribution in [2.24, 2.45) is 11.8 Å². The molecule has 2 heteroatoms. The Hall–Kier alpha value is 0.230. The minimum absolute atomic E-state index is 0.598. The second-order valence-electron chi connectivity index (χ2n) is 3.98. The molecule has 1 atom stereocenters. The molecular formula is C8H19OP. The monoisotopic (exact) mass is 162 g/mol. The van der Waals surface area contributed by atoms with Crippen molar-refractivity contribution in [2.45, 2.75) is 20.8 Å². The lowest BCUT2D eigenvalue weighted by Gasteiger charge is -2.17. The molecule has 10 heavy (non-hydrogen) atoms. The van der Waals surface area contributed by atoms with Crippen molar-refractivity contribution in [3.05, 3.63) is 0 Å². The predicted octanol–water partition coefficient (Wildman–Crippen LogP) is 2.90. The zero-order chi connectivity index (χ0) is 8.36. The molecular weight excluding hydrogens is 143 g/mol. The molecule has 1 unspecified atom stereocenters. The molecule has 0 saturated carbocycles. The normalized spacial score (nSPS) is 15.8. The summed E-state index contributed by atoms with van der Waals surface area (Å²) in [6, 6.07) is 0. The predicted molar refractivity (Wildman–Crippen MR) is 48.3 cm³/mol. The van der Waals surface area contributed by atoms with Gasteiger partial charge in [0.05, 0.1) is 7.14 Å². The maximum absolute atomic E-state index is 11.3. The largest absolute Gasteiger partial charge is 0.324 e. The van der Waals surface area contributed by atoms with Crippen molar-refractivity contribution in [1.29, 1.82) is 0 Å². The average Bonchev–Trinajstić information content (AvgIpc) is 1.60. The van der Waals surface area contributed by atoms with Crippen molar-refractivity contribution in [3.8, 4) is 0 Å². The molecule has 0 N–H and O–H groups in total. The van der Waals surface area contributed by atoms with Gasteiger partial charge in [0.2, 0.25) is 0 Å². The van der Waals surface area contributed by atoms with E-state index < -0.39 is 7.14 Å². The number of hydrogen-bond donors (Lipinski definition) is 0. The Morgan fingerprint density at radius 2 is 1.60 bits per heavy atom. The lowest BCUT2D eigenvalue weighted by atomic mass is 10.0. The second kappa shape index (κ2) is 3.57. The fraction of sp³-hybridized carbons (Fsp3) is 1.00. The molecule has 0 fully saturated rings. The van der Waals surface area contributed by atoms with Gasteiger partial charge in [-0.2, -0.15) is 0 Å². The maximum Gasteiger partial charge on any atom is 0.0822 e. The fourth-order valence-electron chi connectivity index (χ4n) is 0.904. The Bertz CT molecular complexity index is 134. The second-order valence-corrected chi connectivity index (χ2v) is 7.49. The van der Waals surface area contributed by atoms with Gasteiger partial charge in [-0.1, -0.05) is 20.8 Å². The van der Waals surface area contributed by atoms with Gasteiger partial charge in [0.15, 0.2) is 0 Å². The van der Waals surface area contributed by atoms with Gasteiger partial charge in [0, 0.05) is 6.16 Å².